The van der Waals surface area contributed by atoms with Gasteiger partial charge >= 0.3 is 0 Å². The van der Waals surface area contributed by atoms with E-state index in [4.69, 9.17) is 6.57 Å². The molecule has 2 N–H and O–H groups in total. The highest BCUT2D eigenvalue weighted by atomic mass is 32.2. The monoisotopic (exact) mass is 424 g/mol. The summed E-state index contributed by atoms with van der Waals surface area (Å²) in [5.41, 5.74) is 1.99. The van der Waals surface area contributed by atoms with Crippen molar-refractivity contribution in [1.82, 2.24) is 9.36 Å². The third-order valence-electron chi connectivity index (χ3n) is 4.71. The van der Waals surface area contributed by atoms with Crippen molar-refractivity contribution in [2.24, 2.45) is 10.2 Å². The van der Waals surface area contributed by atoms with Crippen molar-refractivity contribution in [1.29, 1.82) is 0 Å². The number of nitrogens with zero attached hydrogens (tertiary/aromatic N) is 5. The highest BCUT2D eigenvalue weighted by Gasteiger charge is 2.36. The van der Waals surface area contributed by atoms with Crippen LogP contribution < -0.4 is 5.32 Å². The fourth-order valence-electron chi connectivity index (χ4n) is 3.43. The van der Waals surface area contributed by atoms with E-state index in [9.17, 15) is 9.90 Å². The molecule has 0 spiro atoms. The number of anilines is 1. The number of aromatic nitrogens is 2. The zero-order valence-electron chi connectivity index (χ0n) is 15.8. The highest BCUT2D eigenvalue weighted by Crippen LogP contribution is 2.47. The lowest BCUT2D eigenvalue weighted by Gasteiger charge is -2.33. The molecule has 0 bridgehead atoms. The van der Waals surface area contributed by atoms with E-state index in [-0.39, 0.29) is 18.1 Å². The van der Waals surface area contributed by atoms with E-state index in [2.05, 4.69) is 29.7 Å². The van der Waals surface area contributed by atoms with Gasteiger partial charge in [-0.1, -0.05) is 13.8 Å². The summed E-state index contributed by atoms with van der Waals surface area (Å²) in [5, 5.41) is 23.6. The van der Waals surface area contributed by atoms with Gasteiger partial charge in [0.1, 0.15) is 16.5 Å². The Hall–Kier alpha value is -3.03. The molecule has 4 rings (SSSR count). The Morgan fingerprint density at radius 3 is 2.90 bits per heavy atom. The third-order valence-corrected chi connectivity index (χ3v) is 6.14. The molecular formula is C19H16N6O2S2. The number of azo groups is 1. The van der Waals surface area contributed by atoms with Crippen LogP contribution in [0.25, 0.3) is 15.7 Å². The van der Waals surface area contributed by atoms with Gasteiger partial charge in [-0.15, -0.1) is 22.0 Å². The molecule has 29 heavy (non-hydrogen) atoms. The maximum atomic E-state index is 12.1. The number of pyridine rings is 1. The van der Waals surface area contributed by atoms with E-state index in [1.54, 1.807) is 18.3 Å². The number of carbonyl (C=O) groups is 1. The van der Waals surface area contributed by atoms with Crippen LogP contribution in [0, 0.1) is 6.57 Å². The SMILES string of the molecule is [C-]#[N+]c1c(SC)ncc2c(/N=N/c3ccc(O)c4c3NC(=O)CC4(C)C)snc12. The average Bonchev–Trinajstić information content (AvgIpc) is 3.08. The highest BCUT2D eigenvalue weighted by molar-refractivity contribution is 7.98. The molecule has 2 aromatic heterocycles. The maximum Gasteiger partial charge on any atom is 0.245 e. The number of carbonyl (C=O) groups excluding carboxylic acids is 1. The van der Waals surface area contributed by atoms with Crippen molar-refractivity contribution in [2.45, 2.75) is 30.7 Å². The van der Waals surface area contributed by atoms with Crippen LogP contribution in [-0.2, 0) is 10.2 Å². The predicted molar refractivity (Wildman–Crippen MR) is 114 cm³/mol. The van der Waals surface area contributed by atoms with E-state index in [1.165, 1.54) is 11.8 Å². The zero-order chi connectivity index (χ0) is 20.8. The van der Waals surface area contributed by atoms with Gasteiger partial charge in [-0.05, 0) is 29.9 Å². The molecule has 0 unspecified atom stereocenters. The van der Waals surface area contributed by atoms with Crippen molar-refractivity contribution in [2.75, 3.05) is 11.6 Å². The number of hydrogen-bond donors (Lipinski definition) is 2. The first-order chi connectivity index (χ1) is 13.9. The standard InChI is InChI=1S/C19H16N6O2S2/c1-19(2)7-12(27)22-15-10(5-6-11(26)13(15)19)23-24-17-9-8-21-18(28-4)16(20-3)14(9)25-29-17/h5-6,8,26H,7H2,1-2,4H3,(H,22,27)/b24-23+. The summed E-state index contributed by atoms with van der Waals surface area (Å²) in [4.78, 5) is 20.0. The number of fused-ring (bicyclic) bond motifs is 2. The number of thioether (sulfide) groups is 1. The number of aromatic hydroxyl groups is 1. The lowest BCUT2D eigenvalue weighted by molar-refractivity contribution is -0.117. The number of benzene rings is 1. The summed E-state index contributed by atoms with van der Waals surface area (Å²) >= 11 is 2.52. The van der Waals surface area contributed by atoms with Gasteiger partial charge in [0.05, 0.1) is 17.8 Å². The van der Waals surface area contributed by atoms with Gasteiger partial charge in [0.2, 0.25) is 11.6 Å². The van der Waals surface area contributed by atoms with Crippen LogP contribution in [0.3, 0.4) is 0 Å². The first-order valence-corrected chi connectivity index (χ1v) is 10.6. The fourth-order valence-corrected chi connectivity index (χ4v) is 4.61. The van der Waals surface area contributed by atoms with Crippen LogP contribution >= 0.6 is 23.3 Å². The number of nitrogens with one attached hydrogen (secondary N) is 1. The number of rotatable bonds is 3. The lowest BCUT2D eigenvalue weighted by atomic mass is 9.77. The van der Waals surface area contributed by atoms with E-state index in [0.717, 1.165) is 11.5 Å². The molecule has 1 aliphatic heterocycles. The number of hydrogen-bond acceptors (Lipinski definition) is 8. The molecule has 0 saturated carbocycles. The molecule has 1 aromatic carbocycles. The fraction of sp³-hybridized carbons (Fsp3) is 0.263. The zero-order valence-corrected chi connectivity index (χ0v) is 17.5. The van der Waals surface area contributed by atoms with Crippen LogP contribution in [0.5, 0.6) is 5.75 Å². The molecule has 0 fully saturated rings. The second kappa shape index (κ2) is 7.09. The molecule has 0 aliphatic carbocycles. The second-order valence-electron chi connectivity index (χ2n) is 7.14. The largest absolute Gasteiger partial charge is 0.508 e. The van der Waals surface area contributed by atoms with Gasteiger partial charge in [-0.25, -0.2) is 9.22 Å². The topological polar surface area (TPSA) is 104 Å². The maximum absolute atomic E-state index is 12.1. The summed E-state index contributed by atoms with van der Waals surface area (Å²) in [6, 6.07) is 3.16. The third kappa shape index (κ3) is 3.22. The van der Waals surface area contributed by atoms with Crippen molar-refractivity contribution in [3.63, 3.8) is 0 Å². The molecule has 8 nitrogen and oxygen atoms in total. The normalized spacial score (nSPS) is 15.3. The second-order valence-corrected chi connectivity index (χ2v) is 8.69. The van der Waals surface area contributed by atoms with Crippen molar-refractivity contribution in [3.05, 3.63) is 35.3 Å². The van der Waals surface area contributed by atoms with Crippen LogP contribution in [0.15, 0.2) is 33.6 Å². The smallest absolute Gasteiger partial charge is 0.245 e. The Morgan fingerprint density at radius 1 is 1.38 bits per heavy atom. The summed E-state index contributed by atoms with van der Waals surface area (Å²) in [5.74, 6) is -0.0223. The number of amides is 1. The summed E-state index contributed by atoms with van der Waals surface area (Å²) in [7, 11) is 0. The molecule has 0 saturated heterocycles. The lowest BCUT2D eigenvalue weighted by Crippen LogP contribution is -2.32. The Balaban J connectivity index is 1.80. The van der Waals surface area contributed by atoms with Crippen molar-refractivity contribution in [3.8, 4) is 5.75 Å². The Morgan fingerprint density at radius 2 is 2.17 bits per heavy atom. The van der Waals surface area contributed by atoms with Gasteiger partial charge in [-0.3, -0.25) is 9.78 Å². The van der Waals surface area contributed by atoms with Crippen LogP contribution in [0.1, 0.15) is 25.8 Å². The van der Waals surface area contributed by atoms with Crippen LogP contribution in [0.2, 0.25) is 0 Å². The molecule has 146 valence electrons. The van der Waals surface area contributed by atoms with Crippen LogP contribution in [0.4, 0.5) is 22.1 Å². The average molecular weight is 425 g/mol. The van der Waals surface area contributed by atoms with E-state index in [1.807, 2.05) is 20.1 Å². The first-order valence-electron chi connectivity index (χ1n) is 8.63. The van der Waals surface area contributed by atoms with Crippen molar-refractivity contribution < 1.29 is 9.90 Å². The number of phenolic OH excluding ortho intramolecular Hbond substituents is 1. The van der Waals surface area contributed by atoms with Gasteiger partial charge in [-0.2, -0.15) is 0 Å². The van der Waals surface area contributed by atoms with E-state index < -0.39 is 5.41 Å². The van der Waals surface area contributed by atoms with E-state index in [0.29, 0.717) is 43.6 Å². The van der Waals surface area contributed by atoms with E-state index >= 15 is 0 Å². The Labute approximate surface area is 175 Å². The van der Waals surface area contributed by atoms with Crippen molar-refractivity contribution >= 4 is 62.2 Å². The molecule has 0 atom stereocenters. The summed E-state index contributed by atoms with van der Waals surface area (Å²) in [6.45, 7) is 11.2. The minimum absolute atomic E-state index is 0.114. The summed E-state index contributed by atoms with van der Waals surface area (Å²) < 4.78 is 4.36. The van der Waals surface area contributed by atoms with Gasteiger partial charge in [0.15, 0.2) is 5.00 Å². The molecule has 1 amide bonds. The minimum atomic E-state index is -0.521. The van der Waals surface area contributed by atoms with Gasteiger partial charge in [0.25, 0.3) is 0 Å². The first kappa shape index (κ1) is 19.3. The molecule has 10 heteroatoms. The minimum Gasteiger partial charge on any atom is -0.508 e. The van der Waals surface area contributed by atoms with Gasteiger partial charge < -0.3 is 10.4 Å². The summed E-state index contributed by atoms with van der Waals surface area (Å²) in [6.07, 6.45) is 3.78. The van der Waals surface area contributed by atoms with Crippen LogP contribution in [-0.4, -0.2) is 26.6 Å². The Bertz CT molecular complexity index is 1230. The molecule has 1 aliphatic rings. The predicted octanol–water partition coefficient (Wildman–Crippen LogP) is 5.70. The number of phenols is 1. The quantitative estimate of drug-likeness (QED) is 0.319. The molecule has 3 aromatic rings. The Kier molecular flexibility index (Phi) is 4.72. The van der Waals surface area contributed by atoms with Gasteiger partial charge in [0, 0.05) is 29.0 Å². The molecule has 3 heterocycles. The molecule has 0 radical (unpaired) electrons. The molecular weight excluding hydrogens is 408 g/mol.